The minimum Gasteiger partial charge on any atom is -0.481 e. The zero-order chi connectivity index (χ0) is 11.6. The first-order valence-electron chi connectivity index (χ1n) is 4.94. The molecule has 84 valence electrons. The highest BCUT2D eigenvalue weighted by atomic mass is 32.2. The third-order valence-electron chi connectivity index (χ3n) is 2.33. The summed E-state index contributed by atoms with van der Waals surface area (Å²) in [5.41, 5.74) is 0.475. The van der Waals surface area contributed by atoms with Gasteiger partial charge in [-0.1, -0.05) is 0 Å². The number of aliphatic carboxylic acids is 1. The van der Waals surface area contributed by atoms with E-state index in [0.717, 1.165) is 10.6 Å². The molecule has 1 aromatic heterocycles. The number of aliphatic imine (C=N–C) groups is 1. The molecule has 4 nitrogen and oxygen atoms in total. The molecule has 0 aliphatic carbocycles. The average molecular weight is 236 g/mol. The SMILES string of the molecule is CC1(CC(=O)O)CSC(c2cccnc2)=N1. The normalized spacial score (nSPS) is 24.2. The standard InChI is InChI=1S/C11H12N2O2S/c1-11(5-9(14)15)7-16-10(13-11)8-3-2-4-12-6-8/h2-4,6H,5,7H2,1H3,(H,14,15). The summed E-state index contributed by atoms with van der Waals surface area (Å²) in [6, 6.07) is 3.79. The number of hydrogen-bond acceptors (Lipinski definition) is 4. The molecule has 1 N–H and O–H groups in total. The molecule has 0 saturated carbocycles. The van der Waals surface area contributed by atoms with Gasteiger partial charge in [0.15, 0.2) is 0 Å². The van der Waals surface area contributed by atoms with Crippen LogP contribution in [0.2, 0.25) is 0 Å². The Balaban J connectivity index is 2.21. The Morgan fingerprint density at radius 3 is 3.12 bits per heavy atom. The van der Waals surface area contributed by atoms with E-state index in [1.54, 1.807) is 24.2 Å². The average Bonchev–Trinajstić information content (AvgIpc) is 2.61. The van der Waals surface area contributed by atoms with Crippen molar-refractivity contribution in [1.29, 1.82) is 0 Å². The lowest BCUT2D eigenvalue weighted by molar-refractivity contribution is -0.138. The van der Waals surface area contributed by atoms with E-state index in [4.69, 9.17) is 5.11 Å². The molecule has 1 atom stereocenters. The first kappa shape index (κ1) is 11.1. The van der Waals surface area contributed by atoms with Gasteiger partial charge in [-0.3, -0.25) is 14.8 Å². The number of carbonyl (C=O) groups is 1. The van der Waals surface area contributed by atoms with Gasteiger partial charge in [0.25, 0.3) is 0 Å². The van der Waals surface area contributed by atoms with Crippen LogP contribution >= 0.6 is 11.8 Å². The van der Waals surface area contributed by atoms with Crippen LogP contribution in [0, 0.1) is 0 Å². The summed E-state index contributed by atoms with van der Waals surface area (Å²) in [6.45, 7) is 1.87. The van der Waals surface area contributed by atoms with Crippen LogP contribution in [0.15, 0.2) is 29.5 Å². The highest BCUT2D eigenvalue weighted by molar-refractivity contribution is 8.14. The lowest BCUT2D eigenvalue weighted by atomic mass is 10.0. The minimum atomic E-state index is -0.806. The maximum atomic E-state index is 10.7. The maximum absolute atomic E-state index is 10.7. The molecule has 1 aliphatic rings. The van der Waals surface area contributed by atoms with E-state index in [0.29, 0.717) is 5.75 Å². The van der Waals surface area contributed by atoms with E-state index < -0.39 is 11.5 Å². The fraction of sp³-hybridized carbons (Fsp3) is 0.364. The van der Waals surface area contributed by atoms with Gasteiger partial charge >= 0.3 is 5.97 Å². The molecule has 1 unspecified atom stereocenters. The Bertz CT molecular complexity index is 433. The predicted molar refractivity (Wildman–Crippen MR) is 63.9 cm³/mol. The van der Waals surface area contributed by atoms with Crippen molar-refractivity contribution < 1.29 is 9.90 Å². The van der Waals surface area contributed by atoms with E-state index >= 15 is 0 Å². The number of nitrogens with zero attached hydrogens (tertiary/aromatic N) is 2. The second kappa shape index (κ2) is 4.25. The van der Waals surface area contributed by atoms with Crippen molar-refractivity contribution in [2.75, 3.05) is 5.75 Å². The number of carboxylic acid groups (broad SMARTS) is 1. The second-order valence-electron chi connectivity index (χ2n) is 4.01. The number of carboxylic acids is 1. The quantitative estimate of drug-likeness (QED) is 0.869. The van der Waals surface area contributed by atoms with Gasteiger partial charge in [0, 0.05) is 23.7 Å². The molecule has 0 fully saturated rings. The van der Waals surface area contributed by atoms with Gasteiger partial charge in [-0.05, 0) is 19.1 Å². The van der Waals surface area contributed by atoms with Crippen LogP contribution in [0.3, 0.4) is 0 Å². The molecule has 0 spiro atoms. The van der Waals surface area contributed by atoms with E-state index in [9.17, 15) is 4.79 Å². The van der Waals surface area contributed by atoms with Gasteiger partial charge in [-0.25, -0.2) is 0 Å². The van der Waals surface area contributed by atoms with Crippen LogP contribution in [-0.4, -0.2) is 32.4 Å². The number of pyridine rings is 1. The van der Waals surface area contributed by atoms with Gasteiger partial charge in [-0.15, -0.1) is 11.8 Å². The van der Waals surface area contributed by atoms with Gasteiger partial charge in [0.1, 0.15) is 5.04 Å². The highest BCUT2D eigenvalue weighted by Gasteiger charge is 2.33. The Morgan fingerprint density at radius 1 is 1.69 bits per heavy atom. The Kier molecular flexibility index (Phi) is 2.96. The smallest absolute Gasteiger partial charge is 0.305 e. The summed E-state index contributed by atoms with van der Waals surface area (Å²) in [7, 11) is 0. The largest absolute Gasteiger partial charge is 0.481 e. The molecular weight excluding hydrogens is 224 g/mol. The maximum Gasteiger partial charge on any atom is 0.305 e. The first-order valence-corrected chi connectivity index (χ1v) is 5.92. The zero-order valence-corrected chi connectivity index (χ0v) is 9.70. The lowest BCUT2D eigenvalue weighted by Crippen LogP contribution is -2.25. The molecule has 0 aromatic carbocycles. The highest BCUT2D eigenvalue weighted by Crippen LogP contribution is 2.32. The lowest BCUT2D eigenvalue weighted by Gasteiger charge is -2.15. The topological polar surface area (TPSA) is 62.5 Å². The summed E-state index contributed by atoms with van der Waals surface area (Å²) in [5.74, 6) is -0.0944. The first-order chi connectivity index (χ1) is 7.59. The summed E-state index contributed by atoms with van der Waals surface area (Å²) in [6.07, 6.45) is 3.53. The Labute approximate surface area is 97.8 Å². The number of thioether (sulfide) groups is 1. The van der Waals surface area contributed by atoms with E-state index in [1.807, 2.05) is 19.1 Å². The summed E-state index contributed by atoms with van der Waals surface area (Å²) >= 11 is 1.59. The van der Waals surface area contributed by atoms with Crippen molar-refractivity contribution in [1.82, 2.24) is 4.98 Å². The van der Waals surface area contributed by atoms with E-state index in [1.165, 1.54) is 0 Å². The third-order valence-corrected chi connectivity index (χ3v) is 3.70. The van der Waals surface area contributed by atoms with E-state index in [2.05, 4.69) is 9.98 Å². The fourth-order valence-corrected chi connectivity index (χ4v) is 2.77. The molecule has 0 saturated heterocycles. The monoisotopic (exact) mass is 236 g/mol. The van der Waals surface area contributed by atoms with E-state index in [-0.39, 0.29) is 6.42 Å². The summed E-state index contributed by atoms with van der Waals surface area (Å²) < 4.78 is 0. The van der Waals surface area contributed by atoms with Crippen molar-refractivity contribution in [2.45, 2.75) is 18.9 Å². The Morgan fingerprint density at radius 2 is 2.50 bits per heavy atom. The van der Waals surface area contributed by atoms with Gasteiger partial charge in [0.05, 0.1) is 12.0 Å². The minimum absolute atomic E-state index is 0.0732. The van der Waals surface area contributed by atoms with Crippen molar-refractivity contribution in [3.8, 4) is 0 Å². The van der Waals surface area contributed by atoms with Gasteiger partial charge in [0.2, 0.25) is 0 Å². The fourth-order valence-electron chi connectivity index (χ4n) is 1.59. The molecule has 16 heavy (non-hydrogen) atoms. The Hall–Kier alpha value is -1.36. The molecule has 5 heteroatoms. The number of rotatable bonds is 3. The summed E-state index contributed by atoms with van der Waals surface area (Å²) in [4.78, 5) is 19.2. The van der Waals surface area contributed by atoms with Crippen molar-refractivity contribution in [3.63, 3.8) is 0 Å². The van der Waals surface area contributed by atoms with Crippen LogP contribution in [0.5, 0.6) is 0 Å². The molecule has 2 rings (SSSR count). The second-order valence-corrected chi connectivity index (χ2v) is 4.98. The molecular formula is C11H12N2O2S. The van der Waals surface area contributed by atoms with Crippen molar-refractivity contribution in [3.05, 3.63) is 30.1 Å². The summed E-state index contributed by atoms with van der Waals surface area (Å²) in [5, 5.41) is 9.69. The third kappa shape index (κ3) is 2.41. The molecule has 2 heterocycles. The van der Waals surface area contributed by atoms with Crippen LogP contribution < -0.4 is 0 Å². The van der Waals surface area contributed by atoms with Crippen LogP contribution in [0.4, 0.5) is 0 Å². The molecule has 0 amide bonds. The predicted octanol–water partition coefficient (Wildman–Crippen LogP) is 1.81. The zero-order valence-electron chi connectivity index (χ0n) is 8.88. The van der Waals surface area contributed by atoms with Gasteiger partial charge in [-0.2, -0.15) is 0 Å². The molecule has 1 aromatic rings. The van der Waals surface area contributed by atoms with Crippen LogP contribution in [-0.2, 0) is 4.79 Å². The number of aromatic nitrogens is 1. The number of hydrogen-bond donors (Lipinski definition) is 1. The molecule has 1 aliphatic heterocycles. The van der Waals surface area contributed by atoms with Crippen molar-refractivity contribution >= 4 is 22.8 Å². The van der Waals surface area contributed by atoms with Crippen LogP contribution in [0.1, 0.15) is 18.9 Å². The molecule has 0 radical (unpaired) electrons. The van der Waals surface area contributed by atoms with Crippen LogP contribution in [0.25, 0.3) is 0 Å². The molecule has 0 bridgehead atoms. The van der Waals surface area contributed by atoms with Gasteiger partial charge < -0.3 is 5.11 Å². The van der Waals surface area contributed by atoms with Crippen molar-refractivity contribution in [2.24, 2.45) is 4.99 Å².